The molecule has 5 heteroatoms. The summed E-state index contributed by atoms with van der Waals surface area (Å²) in [6, 6.07) is 6.58. The zero-order valence-electron chi connectivity index (χ0n) is 10.6. The molecule has 1 aromatic carbocycles. The third-order valence-corrected chi connectivity index (χ3v) is 2.25. The van der Waals surface area contributed by atoms with E-state index in [1.54, 1.807) is 24.3 Å². The molecule has 0 bridgehead atoms. The van der Waals surface area contributed by atoms with E-state index >= 15 is 0 Å². The number of ether oxygens (including phenoxy) is 2. The average Bonchev–Trinajstić information content (AvgIpc) is 2.39. The van der Waals surface area contributed by atoms with Gasteiger partial charge in [-0.25, -0.2) is 4.79 Å². The predicted molar refractivity (Wildman–Crippen MR) is 66.6 cm³/mol. The van der Waals surface area contributed by atoms with Crippen LogP contribution in [0.3, 0.4) is 0 Å². The van der Waals surface area contributed by atoms with Gasteiger partial charge in [0.15, 0.2) is 0 Å². The normalized spacial score (nSPS) is 9.67. The first-order chi connectivity index (χ1) is 8.67. The topological polar surface area (TPSA) is 64.6 Å². The van der Waals surface area contributed by atoms with Crippen LogP contribution in [0.25, 0.3) is 0 Å². The average molecular weight is 251 g/mol. The Hall–Kier alpha value is -2.04. The number of rotatable bonds is 6. The van der Waals surface area contributed by atoms with Crippen LogP contribution in [0.4, 0.5) is 0 Å². The summed E-state index contributed by atoms with van der Waals surface area (Å²) >= 11 is 0. The molecule has 1 aromatic rings. The number of carbonyl (C=O) groups excluding carboxylic acids is 2. The Morgan fingerprint density at radius 3 is 2.44 bits per heavy atom. The minimum atomic E-state index is -0.385. The molecule has 0 radical (unpaired) electrons. The summed E-state index contributed by atoms with van der Waals surface area (Å²) in [5.74, 6) is 0.194. The first-order valence-corrected chi connectivity index (χ1v) is 5.75. The molecule has 18 heavy (non-hydrogen) atoms. The van der Waals surface area contributed by atoms with E-state index in [-0.39, 0.29) is 11.9 Å². The van der Waals surface area contributed by atoms with Crippen molar-refractivity contribution in [3.63, 3.8) is 0 Å². The van der Waals surface area contributed by atoms with Crippen LogP contribution in [0.5, 0.6) is 5.75 Å². The van der Waals surface area contributed by atoms with Gasteiger partial charge in [0.25, 0.3) is 0 Å². The van der Waals surface area contributed by atoms with E-state index in [0.717, 1.165) is 0 Å². The van der Waals surface area contributed by atoms with Crippen LogP contribution in [0.15, 0.2) is 24.3 Å². The van der Waals surface area contributed by atoms with Gasteiger partial charge < -0.3 is 14.8 Å². The molecule has 0 saturated heterocycles. The van der Waals surface area contributed by atoms with Crippen LogP contribution in [0.2, 0.25) is 0 Å². The molecule has 98 valence electrons. The Kier molecular flexibility index (Phi) is 5.70. The maximum atomic E-state index is 11.2. The smallest absolute Gasteiger partial charge is 0.337 e. The summed E-state index contributed by atoms with van der Waals surface area (Å²) in [5, 5.41) is 2.68. The number of amides is 1. The van der Waals surface area contributed by atoms with E-state index in [2.05, 4.69) is 10.1 Å². The van der Waals surface area contributed by atoms with Crippen molar-refractivity contribution in [2.45, 2.75) is 13.3 Å². The lowest BCUT2D eigenvalue weighted by Gasteiger charge is -2.06. The summed E-state index contributed by atoms with van der Waals surface area (Å²) in [4.78, 5) is 22.3. The van der Waals surface area contributed by atoms with Gasteiger partial charge in [0.05, 0.1) is 25.7 Å². The minimum absolute atomic E-state index is 0.0383. The third kappa shape index (κ3) is 4.45. The Balaban J connectivity index is 2.40. The number of hydrogen-bond acceptors (Lipinski definition) is 4. The van der Waals surface area contributed by atoms with E-state index < -0.39 is 0 Å². The third-order valence-electron chi connectivity index (χ3n) is 2.25. The van der Waals surface area contributed by atoms with Crippen molar-refractivity contribution in [1.29, 1.82) is 0 Å². The fourth-order valence-electron chi connectivity index (χ4n) is 1.35. The van der Waals surface area contributed by atoms with E-state index in [1.165, 1.54) is 7.11 Å². The molecule has 5 nitrogen and oxygen atoms in total. The second-order valence-electron chi connectivity index (χ2n) is 3.57. The molecule has 0 fully saturated rings. The second-order valence-corrected chi connectivity index (χ2v) is 3.57. The molecule has 0 aliphatic rings. The Morgan fingerprint density at radius 2 is 1.89 bits per heavy atom. The molecular weight excluding hydrogens is 234 g/mol. The lowest BCUT2D eigenvalue weighted by molar-refractivity contribution is -0.121. The van der Waals surface area contributed by atoms with Crippen molar-refractivity contribution in [1.82, 2.24) is 5.32 Å². The fourth-order valence-corrected chi connectivity index (χ4v) is 1.35. The summed E-state index contributed by atoms with van der Waals surface area (Å²) in [5.41, 5.74) is 0.466. The molecule has 0 heterocycles. The maximum Gasteiger partial charge on any atom is 0.337 e. The van der Waals surface area contributed by atoms with Crippen molar-refractivity contribution in [3.05, 3.63) is 29.8 Å². The highest BCUT2D eigenvalue weighted by Gasteiger charge is 2.05. The molecule has 1 amide bonds. The molecule has 1 N–H and O–H groups in total. The predicted octanol–water partition coefficient (Wildman–Crippen LogP) is 1.38. The van der Waals surface area contributed by atoms with Gasteiger partial charge in [0.2, 0.25) is 5.91 Å². The summed E-state index contributed by atoms with van der Waals surface area (Å²) in [6.45, 7) is 2.79. The molecule has 0 atom stereocenters. The van der Waals surface area contributed by atoms with Crippen LogP contribution in [0, 0.1) is 0 Å². The molecule has 0 aromatic heterocycles. The van der Waals surface area contributed by atoms with Crippen LogP contribution >= 0.6 is 0 Å². The zero-order valence-corrected chi connectivity index (χ0v) is 10.6. The van der Waals surface area contributed by atoms with E-state index in [9.17, 15) is 9.59 Å². The largest absolute Gasteiger partial charge is 0.493 e. The van der Waals surface area contributed by atoms with Crippen LogP contribution < -0.4 is 10.1 Å². The van der Waals surface area contributed by atoms with E-state index in [0.29, 0.717) is 30.9 Å². The van der Waals surface area contributed by atoms with Crippen molar-refractivity contribution in [2.24, 2.45) is 0 Å². The maximum absolute atomic E-state index is 11.2. The van der Waals surface area contributed by atoms with Gasteiger partial charge in [-0.05, 0) is 31.2 Å². The number of hydrogen-bond donors (Lipinski definition) is 1. The molecule has 0 aliphatic carbocycles. The van der Waals surface area contributed by atoms with Crippen LogP contribution in [0.1, 0.15) is 23.7 Å². The molecule has 0 unspecified atom stereocenters. The second kappa shape index (κ2) is 7.32. The fraction of sp³-hybridized carbons (Fsp3) is 0.385. The van der Waals surface area contributed by atoms with Gasteiger partial charge in [-0.15, -0.1) is 0 Å². The van der Waals surface area contributed by atoms with Gasteiger partial charge >= 0.3 is 5.97 Å². The van der Waals surface area contributed by atoms with Gasteiger partial charge in [0.1, 0.15) is 5.75 Å². The molecule has 0 saturated carbocycles. The number of benzene rings is 1. The lowest BCUT2D eigenvalue weighted by Crippen LogP contribution is -2.24. The first kappa shape index (κ1) is 14.0. The van der Waals surface area contributed by atoms with Gasteiger partial charge in [0, 0.05) is 6.54 Å². The Bertz CT molecular complexity index is 400. The van der Waals surface area contributed by atoms with E-state index in [4.69, 9.17) is 4.74 Å². The van der Waals surface area contributed by atoms with E-state index in [1.807, 2.05) is 6.92 Å². The standard InChI is InChI=1S/C13H17NO4/c1-3-14-12(15)8-9-18-11-6-4-10(5-7-11)13(16)17-2/h4-7H,3,8-9H2,1-2H3,(H,14,15). The highest BCUT2D eigenvalue weighted by Crippen LogP contribution is 2.12. The summed E-state index contributed by atoms with van der Waals surface area (Å²) in [7, 11) is 1.33. The van der Waals surface area contributed by atoms with Crippen molar-refractivity contribution < 1.29 is 19.1 Å². The van der Waals surface area contributed by atoms with Crippen LogP contribution in [-0.2, 0) is 9.53 Å². The van der Waals surface area contributed by atoms with Crippen molar-refractivity contribution in [3.8, 4) is 5.75 Å². The SMILES string of the molecule is CCNC(=O)CCOc1ccc(C(=O)OC)cc1. The minimum Gasteiger partial charge on any atom is -0.493 e. The Labute approximate surface area is 106 Å². The number of nitrogens with one attached hydrogen (secondary N) is 1. The lowest BCUT2D eigenvalue weighted by atomic mass is 10.2. The van der Waals surface area contributed by atoms with Crippen molar-refractivity contribution >= 4 is 11.9 Å². The Morgan fingerprint density at radius 1 is 1.22 bits per heavy atom. The summed E-state index contributed by atoms with van der Waals surface area (Å²) in [6.07, 6.45) is 0.312. The van der Waals surface area contributed by atoms with Gasteiger partial charge in [-0.1, -0.05) is 0 Å². The first-order valence-electron chi connectivity index (χ1n) is 5.75. The van der Waals surface area contributed by atoms with Gasteiger partial charge in [-0.3, -0.25) is 4.79 Å². The molecular formula is C13H17NO4. The highest BCUT2D eigenvalue weighted by atomic mass is 16.5. The monoisotopic (exact) mass is 251 g/mol. The molecule has 1 rings (SSSR count). The van der Waals surface area contributed by atoms with Crippen molar-refractivity contribution in [2.75, 3.05) is 20.3 Å². The quantitative estimate of drug-likeness (QED) is 0.776. The molecule has 0 aliphatic heterocycles. The zero-order chi connectivity index (χ0) is 13.4. The summed E-state index contributed by atoms with van der Waals surface area (Å²) < 4.78 is 9.96. The molecule has 0 spiro atoms. The number of esters is 1. The number of methoxy groups -OCH3 is 1. The highest BCUT2D eigenvalue weighted by molar-refractivity contribution is 5.89. The van der Waals surface area contributed by atoms with Gasteiger partial charge in [-0.2, -0.15) is 0 Å². The van der Waals surface area contributed by atoms with Crippen LogP contribution in [-0.4, -0.2) is 32.1 Å². The number of carbonyl (C=O) groups is 2.